The Kier molecular flexibility index (Phi) is 22.1. The predicted octanol–water partition coefficient (Wildman–Crippen LogP) is 12.4. The third kappa shape index (κ3) is 16.0. The van der Waals surface area contributed by atoms with E-state index in [1.165, 1.54) is 60.7 Å². The Balaban J connectivity index is 1.09. The van der Waals surface area contributed by atoms with Crippen molar-refractivity contribution in [2.75, 3.05) is 38.6 Å². The maximum absolute atomic E-state index is 12.9. The third-order valence-corrected chi connectivity index (χ3v) is 23.1. The fourth-order valence-electron chi connectivity index (χ4n) is 14.1. The standard InChI is InChI=1S/C83H89B2N5O6Si/c1-57(2)79(91)35-22-23-45-89(53-64-29-16-20-33-77(64)84(93)94)56-76-69-32-19-18-31-68(69)75(55-90(46-24-44-86-83(92)58(3)4)54-65-30-17-21-34-78(65)85(95)96)70-41-38-63(48-74(70)76)62-37-36-59(5)73(47-62)82-71-42-39-66(87(6)51-60-25-12-10-13-26-60)49-80(71)97(8,9)81-50-67(40-43-72(81)82)88(7)52-61-27-14-11-15-28-61/h10-21,25-34,36-43,47-50,93-96H,1,3,22-24,35,44-46,51-56H2,2,4-9H3/p+1. The van der Waals surface area contributed by atoms with Crippen molar-refractivity contribution in [3.63, 3.8) is 0 Å². The first-order chi connectivity index (χ1) is 46.7. The second-order valence-corrected chi connectivity index (χ2v) is 31.4. The molecule has 0 spiro atoms. The molecule has 11 nitrogen and oxygen atoms in total. The van der Waals surface area contributed by atoms with E-state index in [1.54, 1.807) is 26.0 Å². The minimum Gasteiger partial charge on any atom is -0.423 e. The molecule has 0 aromatic heterocycles. The van der Waals surface area contributed by atoms with Crippen LogP contribution in [0.25, 0.3) is 38.2 Å². The minimum absolute atomic E-state index is 0.0513. The van der Waals surface area contributed by atoms with E-state index in [0.717, 1.165) is 74.4 Å². The largest absolute Gasteiger partial charge is 0.488 e. The molecule has 0 unspecified atom stereocenters. The molecular formula is C83H90B2N5O6Si+. The van der Waals surface area contributed by atoms with Gasteiger partial charge in [-0.3, -0.25) is 19.4 Å². The number of rotatable bonds is 28. The first kappa shape index (κ1) is 69.3. The van der Waals surface area contributed by atoms with Crippen LogP contribution in [0.5, 0.6) is 0 Å². The van der Waals surface area contributed by atoms with Crippen LogP contribution in [0.15, 0.2) is 241 Å². The second-order valence-electron chi connectivity index (χ2n) is 27.1. The molecule has 0 radical (unpaired) electrons. The molecule has 14 heteroatoms. The molecule has 0 saturated heterocycles. The Morgan fingerprint density at radius 2 is 1.12 bits per heavy atom. The summed E-state index contributed by atoms with van der Waals surface area (Å²) in [5.41, 5.74) is 18.8. The van der Waals surface area contributed by atoms with Crippen LogP contribution in [0.4, 0.5) is 5.69 Å². The van der Waals surface area contributed by atoms with Crippen molar-refractivity contribution in [2.24, 2.45) is 0 Å². The molecule has 0 atom stereocenters. The number of Topliss-reactive ketones (excluding diaryl/α,β-unsaturated/α-hetero) is 1. The number of allylic oxidation sites excluding steroid dienone is 6. The summed E-state index contributed by atoms with van der Waals surface area (Å²) in [5.74, 6) is -0.142. The molecule has 2 aliphatic rings. The number of unbranched alkanes of at least 4 members (excludes halogenated alkanes) is 1. The van der Waals surface area contributed by atoms with E-state index in [-0.39, 0.29) is 11.7 Å². The van der Waals surface area contributed by atoms with Gasteiger partial charge in [0.2, 0.25) is 5.91 Å². The van der Waals surface area contributed by atoms with Crippen LogP contribution in [-0.2, 0) is 48.9 Å². The normalized spacial score (nSPS) is 13.8. The molecule has 0 saturated carbocycles. The number of benzene rings is 9. The highest BCUT2D eigenvalue weighted by molar-refractivity contribution is 6.98. The number of hydrogen-bond acceptors (Lipinski definition) is 9. The number of carbonyl (C=O) groups is 2. The molecule has 1 aliphatic carbocycles. The second kappa shape index (κ2) is 31.0. The average Bonchev–Trinajstić information content (AvgIpc) is 0.718. The van der Waals surface area contributed by atoms with E-state index in [1.807, 2.05) is 36.4 Å². The van der Waals surface area contributed by atoms with Crippen molar-refractivity contribution in [3.8, 4) is 11.1 Å². The van der Waals surface area contributed by atoms with Crippen LogP contribution < -0.4 is 26.3 Å². The number of ketones is 1. The number of hydrogen-bond donors (Lipinski definition) is 5. The van der Waals surface area contributed by atoms with Crippen LogP contribution in [0.1, 0.15) is 89.6 Å². The third-order valence-electron chi connectivity index (χ3n) is 19.5. The average molecular weight is 1300 g/mol. The number of anilines is 1. The minimum atomic E-state index is -2.40. The van der Waals surface area contributed by atoms with Gasteiger partial charge in [0.25, 0.3) is 0 Å². The lowest BCUT2D eigenvalue weighted by Crippen LogP contribution is -2.49. The van der Waals surface area contributed by atoms with Crippen LogP contribution in [-0.4, -0.2) is 108 Å². The summed E-state index contributed by atoms with van der Waals surface area (Å²) in [5, 5.41) is 52.9. The molecule has 0 bridgehead atoms. The molecule has 1 heterocycles. The van der Waals surface area contributed by atoms with E-state index in [2.05, 4.69) is 230 Å². The molecule has 97 heavy (non-hydrogen) atoms. The number of fused-ring (bicyclic) bond motifs is 4. The zero-order valence-electron chi connectivity index (χ0n) is 57.3. The fourth-order valence-corrected chi connectivity index (χ4v) is 17.2. The van der Waals surface area contributed by atoms with Crippen molar-refractivity contribution in [1.82, 2.24) is 15.1 Å². The van der Waals surface area contributed by atoms with Gasteiger partial charge in [-0.05, 0) is 192 Å². The van der Waals surface area contributed by atoms with Gasteiger partial charge in [0.15, 0.2) is 18.0 Å². The maximum atomic E-state index is 12.9. The Labute approximate surface area is 574 Å². The van der Waals surface area contributed by atoms with E-state index < -0.39 is 22.3 Å². The molecular weight excluding hydrogens is 1210 g/mol. The van der Waals surface area contributed by atoms with Crippen molar-refractivity contribution in [1.29, 1.82) is 0 Å². The fraction of sp³-hybridized carbons (Fsp3) is 0.241. The first-order valence-electron chi connectivity index (χ1n) is 33.9. The smallest absolute Gasteiger partial charge is 0.423 e. The van der Waals surface area contributed by atoms with Crippen LogP contribution in [0.2, 0.25) is 13.1 Å². The molecule has 1 amide bonds. The highest BCUT2D eigenvalue weighted by Crippen LogP contribution is 2.45. The van der Waals surface area contributed by atoms with Crippen molar-refractivity contribution in [2.45, 2.75) is 98.8 Å². The van der Waals surface area contributed by atoms with Gasteiger partial charge in [-0.1, -0.05) is 190 Å². The lowest BCUT2D eigenvalue weighted by Gasteiger charge is -2.38. The Morgan fingerprint density at radius 3 is 1.74 bits per heavy atom. The number of amides is 1. The van der Waals surface area contributed by atoms with Gasteiger partial charge in [-0.15, -0.1) is 0 Å². The zero-order valence-corrected chi connectivity index (χ0v) is 58.3. The van der Waals surface area contributed by atoms with Gasteiger partial charge in [-0.25, -0.2) is 4.58 Å². The molecule has 9 aromatic rings. The number of nitrogens with one attached hydrogen (secondary N) is 1. The molecule has 11 rings (SSSR count). The van der Waals surface area contributed by atoms with Crippen molar-refractivity contribution in [3.05, 3.63) is 291 Å². The van der Waals surface area contributed by atoms with E-state index in [4.69, 9.17) is 0 Å². The Hall–Kier alpha value is -9.08. The van der Waals surface area contributed by atoms with Crippen LogP contribution >= 0.6 is 0 Å². The molecule has 9 aromatic carbocycles. The monoisotopic (exact) mass is 1300 g/mol. The van der Waals surface area contributed by atoms with Gasteiger partial charge in [0, 0.05) is 88.3 Å². The highest BCUT2D eigenvalue weighted by Gasteiger charge is 2.41. The Morgan fingerprint density at radius 1 is 0.567 bits per heavy atom. The van der Waals surface area contributed by atoms with E-state index in [0.29, 0.717) is 87.1 Å². The van der Waals surface area contributed by atoms with Gasteiger partial charge >= 0.3 is 14.2 Å². The van der Waals surface area contributed by atoms with Gasteiger partial charge in [0.05, 0.1) is 0 Å². The molecule has 5 N–H and O–H groups in total. The summed E-state index contributed by atoms with van der Waals surface area (Å²) in [6.45, 7) is 23.5. The summed E-state index contributed by atoms with van der Waals surface area (Å²) in [4.78, 5) is 32.8. The predicted molar refractivity (Wildman–Crippen MR) is 405 cm³/mol. The maximum Gasteiger partial charge on any atom is 0.488 e. The van der Waals surface area contributed by atoms with Crippen LogP contribution in [0.3, 0.4) is 0 Å². The van der Waals surface area contributed by atoms with Crippen LogP contribution in [0, 0.1) is 6.92 Å². The first-order valence-corrected chi connectivity index (χ1v) is 36.9. The van der Waals surface area contributed by atoms with Gasteiger partial charge in [0.1, 0.15) is 15.1 Å². The zero-order chi connectivity index (χ0) is 68.5. The lowest BCUT2D eigenvalue weighted by atomic mass is 9.77. The summed E-state index contributed by atoms with van der Waals surface area (Å²) < 4.78 is 2.37. The van der Waals surface area contributed by atoms with Crippen molar-refractivity contribution < 1.29 is 34.3 Å². The molecule has 0 fully saturated rings. The van der Waals surface area contributed by atoms with E-state index >= 15 is 0 Å². The topological polar surface area (TPSA) is 140 Å². The van der Waals surface area contributed by atoms with Gasteiger partial charge < -0.3 is 30.3 Å². The summed E-state index contributed by atoms with van der Waals surface area (Å²) in [6.07, 6.45) is 9.58. The number of carbonyl (C=O) groups excluding carboxylic acids is 2. The summed E-state index contributed by atoms with van der Waals surface area (Å²) in [6, 6.07) is 65.9. The number of nitrogens with zero attached hydrogens (tertiary/aromatic N) is 4. The van der Waals surface area contributed by atoms with Gasteiger partial charge in [-0.2, -0.15) is 0 Å². The summed E-state index contributed by atoms with van der Waals surface area (Å²) >= 11 is 0. The number of aryl methyl sites for hydroxylation is 1. The quantitative estimate of drug-likeness (QED) is 0.0107. The van der Waals surface area contributed by atoms with Crippen molar-refractivity contribution >= 4 is 88.6 Å². The highest BCUT2D eigenvalue weighted by atomic mass is 28.3. The lowest BCUT2D eigenvalue weighted by molar-refractivity contribution is -0.512. The van der Waals surface area contributed by atoms with E-state index in [9.17, 15) is 29.7 Å². The Bertz CT molecular complexity index is 4580. The summed E-state index contributed by atoms with van der Waals surface area (Å²) in [7, 11) is -1.34. The molecule has 1 aliphatic heterocycles. The molecule has 492 valence electrons. The SMILES string of the molecule is C=C(C)C(=O)CCCCN(Cc1ccccc1B(O)O)Cc1c2ccccc2c(CN(CCCNC(=O)C(=C)C)Cc2ccccc2B(O)O)c2ccc(-c3ccc(C)c(C4=C5C=CC(=[N+](C)Cc6ccccc6)C=C5[Si](C)(C)c5cc(N(C)Cc6ccccc6)ccc54)c3)cc12.